The van der Waals surface area contributed by atoms with Gasteiger partial charge in [-0.15, -0.1) is 0 Å². The number of hydrogen-bond acceptors (Lipinski definition) is 4. The lowest BCUT2D eigenvalue weighted by molar-refractivity contribution is -0.115. The standard InChI is InChI=1S/C20H17ClFN3O2/c1-27-18-8-6-14(11-16(18)21)24-15-7-9-19(23-12-15)25-20(26)10-13-4-2-3-5-17(13)22/h2-9,11-12,24H,10H2,1H3,(H,23,25,26). The van der Waals surface area contributed by atoms with Crippen molar-refractivity contribution in [3.05, 3.63) is 77.2 Å². The molecule has 0 aliphatic carbocycles. The summed E-state index contributed by atoms with van der Waals surface area (Å²) < 4.78 is 18.7. The molecule has 138 valence electrons. The first kappa shape index (κ1) is 18.7. The first-order valence-corrected chi connectivity index (χ1v) is 8.53. The zero-order chi connectivity index (χ0) is 19.2. The normalized spacial score (nSPS) is 10.3. The van der Waals surface area contributed by atoms with Crippen LogP contribution in [0.4, 0.5) is 21.6 Å². The van der Waals surface area contributed by atoms with Crippen LogP contribution in [0.15, 0.2) is 60.8 Å². The molecule has 0 bridgehead atoms. The number of ether oxygens (including phenoxy) is 1. The number of carbonyl (C=O) groups excluding carboxylic acids is 1. The van der Waals surface area contributed by atoms with Gasteiger partial charge in [-0.3, -0.25) is 4.79 Å². The molecule has 1 aromatic heterocycles. The Kier molecular flexibility index (Phi) is 5.88. The van der Waals surface area contributed by atoms with Crippen LogP contribution < -0.4 is 15.4 Å². The van der Waals surface area contributed by atoms with Crippen LogP contribution in [0.3, 0.4) is 0 Å². The summed E-state index contributed by atoms with van der Waals surface area (Å²) in [6, 6.07) is 14.9. The zero-order valence-corrected chi connectivity index (χ0v) is 15.3. The van der Waals surface area contributed by atoms with Gasteiger partial charge < -0.3 is 15.4 Å². The number of halogens is 2. The van der Waals surface area contributed by atoms with E-state index in [1.165, 1.54) is 6.07 Å². The highest BCUT2D eigenvalue weighted by Crippen LogP contribution is 2.28. The number of nitrogens with zero attached hydrogens (tertiary/aromatic N) is 1. The summed E-state index contributed by atoms with van der Waals surface area (Å²) in [5, 5.41) is 6.30. The summed E-state index contributed by atoms with van der Waals surface area (Å²) in [7, 11) is 1.55. The van der Waals surface area contributed by atoms with E-state index in [2.05, 4.69) is 15.6 Å². The Morgan fingerprint density at radius 2 is 1.93 bits per heavy atom. The van der Waals surface area contributed by atoms with Crippen LogP contribution in [0.2, 0.25) is 5.02 Å². The minimum Gasteiger partial charge on any atom is -0.495 e. The molecule has 5 nitrogen and oxygen atoms in total. The van der Waals surface area contributed by atoms with Crippen LogP contribution in [-0.4, -0.2) is 18.0 Å². The number of hydrogen-bond donors (Lipinski definition) is 2. The second-order valence-electron chi connectivity index (χ2n) is 5.72. The quantitative estimate of drug-likeness (QED) is 0.639. The maximum absolute atomic E-state index is 13.6. The van der Waals surface area contributed by atoms with Gasteiger partial charge in [0, 0.05) is 5.69 Å². The fraction of sp³-hybridized carbons (Fsp3) is 0.100. The number of anilines is 3. The van der Waals surface area contributed by atoms with Crippen molar-refractivity contribution in [3.63, 3.8) is 0 Å². The fourth-order valence-electron chi connectivity index (χ4n) is 2.45. The predicted molar refractivity (Wildman–Crippen MR) is 104 cm³/mol. The Labute approximate surface area is 161 Å². The number of rotatable bonds is 6. The minimum atomic E-state index is -0.404. The lowest BCUT2D eigenvalue weighted by Gasteiger charge is -2.10. The maximum atomic E-state index is 13.6. The molecule has 0 atom stereocenters. The van der Waals surface area contributed by atoms with E-state index in [0.29, 0.717) is 22.2 Å². The zero-order valence-electron chi connectivity index (χ0n) is 14.5. The van der Waals surface area contributed by atoms with Gasteiger partial charge in [0.15, 0.2) is 0 Å². The van der Waals surface area contributed by atoms with Gasteiger partial charge in [0.05, 0.1) is 30.4 Å². The van der Waals surface area contributed by atoms with Crippen molar-refractivity contribution in [2.45, 2.75) is 6.42 Å². The topological polar surface area (TPSA) is 63.2 Å². The first-order valence-electron chi connectivity index (χ1n) is 8.15. The second kappa shape index (κ2) is 8.51. The Morgan fingerprint density at radius 3 is 2.59 bits per heavy atom. The van der Waals surface area contributed by atoms with Crippen LogP contribution >= 0.6 is 11.6 Å². The second-order valence-corrected chi connectivity index (χ2v) is 6.13. The Hall–Kier alpha value is -3.12. The largest absolute Gasteiger partial charge is 0.495 e. The van der Waals surface area contributed by atoms with Crippen molar-refractivity contribution in [3.8, 4) is 5.75 Å². The SMILES string of the molecule is COc1ccc(Nc2ccc(NC(=O)Cc3ccccc3F)nc2)cc1Cl. The number of amides is 1. The monoisotopic (exact) mass is 385 g/mol. The summed E-state index contributed by atoms with van der Waals surface area (Å²) in [5.41, 5.74) is 1.84. The van der Waals surface area contributed by atoms with Crippen LogP contribution in [0.5, 0.6) is 5.75 Å². The molecule has 0 aliphatic heterocycles. The lowest BCUT2D eigenvalue weighted by Crippen LogP contribution is -2.16. The van der Waals surface area contributed by atoms with Gasteiger partial charge in [0.25, 0.3) is 0 Å². The van der Waals surface area contributed by atoms with Crippen LogP contribution in [0.1, 0.15) is 5.56 Å². The van der Waals surface area contributed by atoms with Gasteiger partial charge in [-0.1, -0.05) is 29.8 Å². The molecule has 2 aromatic carbocycles. The highest BCUT2D eigenvalue weighted by atomic mass is 35.5. The van der Waals surface area contributed by atoms with Gasteiger partial charge in [0.1, 0.15) is 17.4 Å². The maximum Gasteiger partial charge on any atom is 0.230 e. The molecule has 1 amide bonds. The summed E-state index contributed by atoms with van der Waals surface area (Å²) in [4.78, 5) is 16.2. The highest BCUT2D eigenvalue weighted by molar-refractivity contribution is 6.32. The van der Waals surface area contributed by atoms with Crippen molar-refractivity contribution in [1.82, 2.24) is 4.98 Å². The predicted octanol–water partition coefficient (Wildman–Crippen LogP) is 4.81. The number of pyridine rings is 1. The third kappa shape index (κ3) is 4.95. The molecule has 0 unspecified atom stereocenters. The molecule has 7 heteroatoms. The molecule has 0 radical (unpaired) electrons. The summed E-state index contributed by atoms with van der Waals surface area (Å²) in [6.45, 7) is 0. The van der Waals surface area contributed by atoms with Crippen LogP contribution in [0.25, 0.3) is 0 Å². The minimum absolute atomic E-state index is 0.0568. The Balaban J connectivity index is 1.61. The number of methoxy groups -OCH3 is 1. The first-order chi connectivity index (χ1) is 13.0. The van der Waals surface area contributed by atoms with E-state index in [1.807, 2.05) is 6.07 Å². The molecule has 0 saturated carbocycles. The average Bonchev–Trinajstić information content (AvgIpc) is 2.65. The molecular weight excluding hydrogens is 369 g/mol. The number of nitrogens with one attached hydrogen (secondary N) is 2. The van der Waals surface area contributed by atoms with Crippen molar-refractivity contribution in [2.75, 3.05) is 17.7 Å². The molecular formula is C20H17ClFN3O2. The molecule has 0 saturated heterocycles. The van der Waals surface area contributed by atoms with Gasteiger partial charge in [0.2, 0.25) is 5.91 Å². The van der Waals surface area contributed by atoms with E-state index in [1.54, 1.807) is 55.8 Å². The van der Waals surface area contributed by atoms with E-state index in [-0.39, 0.29) is 12.3 Å². The molecule has 0 spiro atoms. The van der Waals surface area contributed by atoms with Gasteiger partial charge in [-0.05, 0) is 42.0 Å². The van der Waals surface area contributed by atoms with E-state index < -0.39 is 5.82 Å². The average molecular weight is 386 g/mol. The summed E-state index contributed by atoms with van der Waals surface area (Å²) in [6.07, 6.45) is 1.52. The molecule has 2 N–H and O–H groups in total. The smallest absolute Gasteiger partial charge is 0.230 e. The van der Waals surface area contributed by atoms with Gasteiger partial charge >= 0.3 is 0 Å². The van der Waals surface area contributed by atoms with E-state index in [4.69, 9.17) is 16.3 Å². The van der Waals surface area contributed by atoms with Crippen LogP contribution in [-0.2, 0) is 11.2 Å². The fourth-order valence-corrected chi connectivity index (χ4v) is 2.71. The molecule has 3 rings (SSSR count). The molecule has 3 aromatic rings. The molecule has 27 heavy (non-hydrogen) atoms. The number of aromatic nitrogens is 1. The van der Waals surface area contributed by atoms with Gasteiger partial charge in [-0.2, -0.15) is 0 Å². The molecule has 0 fully saturated rings. The Bertz CT molecular complexity index is 948. The summed E-state index contributed by atoms with van der Waals surface area (Å²) in [5.74, 6) is 0.233. The third-order valence-electron chi connectivity index (χ3n) is 3.78. The number of benzene rings is 2. The van der Waals surface area contributed by atoms with E-state index in [9.17, 15) is 9.18 Å². The summed E-state index contributed by atoms with van der Waals surface area (Å²) >= 11 is 6.10. The molecule has 0 aliphatic rings. The van der Waals surface area contributed by atoms with Crippen molar-refractivity contribution < 1.29 is 13.9 Å². The Morgan fingerprint density at radius 1 is 1.15 bits per heavy atom. The number of carbonyl (C=O) groups is 1. The lowest BCUT2D eigenvalue weighted by atomic mass is 10.1. The van der Waals surface area contributed by atoms with Crippen molar-refractivity contribution >= 4 is 34.7 Å². The van der Waals surface area contributed by atoms with Crippen LogP contribution in [0, 0.1) is 5.82 Å². The van der Waals surface area contributed by atoms with Crippen molar-refractivity contribution in [1.29, 1.82) is 0 Å². The highest BCUT2D eigenvalue weighted by Gasteiger charge is 2.09. The van der Waals surface area contributed by atoms with E-state index >= 15 is 0 Å². The van der Waals surface area contributed by atoms with Gasteiger partial charge in [-0.25, -0.2) is 9.37 Å². The van der Waals surface area contributed by atoms with Crippen molar-refractivity contribution in [2.24, 2.45) is 0 Å². The van der Waals surface area contributed by atoms with E-state index in [0.717, 1.165) is 11.4 Å². The molecule has 1 heterocycles. The third-order valence-corrected chi connectivity index (χ3v) is 4.08.